The smallest absolute Gasteiger partial charge is 0.136 e. The van der Waals surface area contributed by atoms with Crippen LogP contribution >= 0.6 is 0 Å². The van der Waals surface area contributed by atoms with Crippen LogP contribution in [-0.2, 0) is 6.54 Å². The van der Waals surface area contributed by atoms with Crippen LogP contribution in [0.3, 0.4) is 0 Å². The molecular weight excluding hydrogens is 264 g/mol. The molecule has 112 valence electrons. The van der Waals surface area contributed by atoms with E-state index in [4.69, 9.17) is 4.98 Å². The molecule has 6 heteroatoms. The summed E-state index contributed by atoms with van der Waals surface area (Å²) >= 11 is 0. The Kier molecular flexibility index (Phi) is 4.03. The molecule has 2 N–H and O–H groups in total. The molecule has 1 saturated carbocycles. The molecule has 0 radical (unpaired) electrons. The maximum absolute atomic E-state index is 4.70. The maximum atomic E-state index is 4.70. The van der Waals surface area contributed by atoms with E-state index in [0.717, 1.165) is 42.7 Å². The molecule has 0 bridgehead atoms. The fourth-order valence-corrected chi connectivity index (χ4v) is 2.29. The molecule has 2 aromatic rings. The molecule has 0 saturated heterocycles. The zero-order valence-corrected chi connectivity index (χ0v) is 12.6. The third-order valence-electron chi connectivity index (χ3n) is 3.64. The number of hydrogen-bond donors (Lipinski definition) is 2. The molecular formula is C15H22N6. The first-order valence-electron chi connectivity index (χ1n) is 7.61. The lowest BCUT2D eigenvalue weighted by Crippen LogP contribution is -2.15. The Labute approximate surface area is 125 Å². The summed E-state index contributed by atoms with van der Waals surface area (Å²) in [6.07, 6.45) is 6.18. The van der Waals surface area contributed by atoms with Gasteiger partial charge in [-0.1, -0.05) is 0 Å². The zero-order valence-electron chi connectivity index (χ0n) is 12.6. The van der Waals surface area contributed by atoms with Crippen LogP contribution < -0.4 is 10.6 Å². The van der Waals surface area contributed by atoms with Gasteiger partial charge >= 0.3 is 0 Å². The second-order valence-corrected chi connectivity index (χ2v) is 5.40. The van der Waals surface area contributed by atoms with Crippen molar-refractivity contribution in [1.29, 1.82) is 0 Å². The van der Waals surface area contributed by atoms with Gasteiger partial charge in [-0.05, 0) is 32.8 Å². The van der Waals surface area contributed by atoms with Crippen molar-refractivity contribution in [2.24, 2.45) is 0 Å². The molecule has 1 aliphatic rings. The molecule has 0 aromatic carbocycles. The van der Waals surface area contributed by atoms with E-state index < -0.39 is 0 Å². The van der Waals surface area contributed by atoms with Crippen LogP contribution in [0.25, 0.3) is 0 Å². The highest BCUT2D eigenvalue weighted by Gasteiger charge is 2.28. The first-order chi connectivity index (χ1) is 10.3. The van der Waals surface area contributed by atoms with Gasteiger partial charge in [0.15, 0.2) is 0 Å². The second-order valence-electron chi connectivity index (χ2n) is 5.40. The van der Waals surface area contributed by atoms with Crippen LogP contribution in [-0.4, -0.2) is 32.8 Å². The van der Waals surface area contributed by atoms with Crippen LogP contribution in [0.2, 0.25) is 0 Å². The van der Waals surface area contributed by atoms with Crippen molar-refractivity contribution in [3.63, 3.8) is 0 Å². The predicted octanol–water partition coefficient (Wildman–Crippen LogP) is 2.40. The van der Waals surface area contributed by atoms with Crippen LogP contribution in [0.15, 0.2) is 18.5 Å². The third kappa shape index (κ3) is 3.32. The van der Waals surface area contributed by atoms with Gasteiger partial charge in [-0.3, -0.25) is 4.68 Å². The van der Waals surface area contributed by atoms with E-state index in [2.05, 4.69) is 34.6 Å². The van der Waals surface area contributed by atoms with Crippen molar-refractivity contribution in [2.45, 2.75) is 39.2 Å². The number of aromatic nitrogens is 4. The van der Waals surface area contributed by atoms with E-state index in [-0.39, 0.29) is 0 Å². The third-order valence-corrected chi connectivity index (χ3v) is 3.64. The minimum Gasteiger partial charge on any atom is -0.370 e. The summed E-state index contributed by atoms with van der Waals surface area (Å²) in [6, 6.07) is 1.93. The molecule has 0 spiro atoms. The highest BCUT2D eigenvalue weighted by molar-refractivity contribution is 5.57. The normalized spacial score (nSPS) is 14.2. The summed E-state index contributed by atoms with van der Waals surface area (Å²) in [5.74, 6) is 3.42. The van der Waals surface area contributed by atoms with Gasteiger partial charge < -0.3 is 10.6 Å². The Balaban J connectivity index is 1.72. The van der Waals surface area contributed by atoms with Crippen LogP contribution in [0, 0.1) is 6.92 Å². The van der Waals surface area contributed by atoms with Crippen LogP contribution in [0.4, 0.5) is 11.6 Å². The predicted molar refractivity (Wildman–Crippen MR) is 83.6 cm³/mol. The fraction of sp³-hybridized carbons (Fsp3) is 0.533. The molecule has 0 aliphatic heterocycles. The summed E-state index contributed by atoms with van der Waals surface area (Å²) in [4.78, 5) is 9.37. The van der Waals surface area contributed by atoms with Gasteiger partial charge in [0.05, 0.1) is 6.54 Å². The van der Waals surface area contributed by atoms with E-state index in [0.29, 0.717) is 5.92 Å². The minimum absolute atomic E-state index is 0.551. The Morgan fingerprint density at radius 3 is 2.62 bits per heavy atom. The molecule has 0 atom stereocenters. The zero-order chi connectivity index (χ0) is 14.7. The van der Waals surface area contributed by atoms with Crippen molar-refractivity contribution in [3.8, 4) is 0 Å². The second kappa shape index (κ2) is 6.11. The van der Waals surface area contributed by atoms with E-state index >= 15 is 0 Å². The van der Waals surface area contributed by atoms with Crippen LogP contribution in [0.1, 0.15) is 37.1 Å². The fourth-order valence-electron chi connectivity index (χ4n) is 2.29. The van der Waals surface area contributed by atoms with Gasteiger partial charge in [0.2, 0.25) is 0 Å². The molecule has 6 nitrogen and oxygen atoms in total. The molecule has 21 heavy (non-hydrogen) atoms. The Morgan fingerprint density at radius 2 is 2.00 bits per heavy atom. The van der Waals surface area contributed by atoms with E-state index in [1.54, 1.807) is 6.20 Å². The van der Waals surface area contributed by atoms with Gasteiger partial charge in [0, 0.05) is 37.0 Å². The average molecular weight is 286 g/mol. The highest BCUT2D eigenvalue weighted by atomic mass is 15.3. The molecule has 1 fully saturated rings. The van der Waals surface area contributed by atoms with Crippen molar-refractivity contribution >= 4 is 11.6 Å². The first kappa shape index (κ1) is 13.9. The Bertz CT molecular complexity index is 588. The van der Waals surface area contributed by atoms with Crippen molar-refractivity contribution in [2.75, 3.05) is 23.7 Å². The summed E-state index contributed by atoms with van der Waals surface area (Å²) in [5, 5.41) is 11.0. The number of nitrogens with zero attached hydrogens (tertiary/aromatic N) is 4. The quantitative estimate of drug-likeness (QED) is 0.818. The molecule has 2 heterocycles. The average Bonchev–Trinajstić information content (AvgIpc) is 3.20. The largest absolute Gasteiger partial charge is 0.370 e. The van der Waals surface area contributed by atoms with E-state index in [1.165, 1.54) is 12.8 Å². The Hall–Kier alpha value is -2.11. The van der Waals surface area contributed by atoms with E-state index in [9.17, 15) is 0 Å². The summed E-state index contributed by atoms with van der Waals surface area (Å²) < 4.78 is 1.91. The standard InChI is InChI=1S/C15H22N6/c1-3-16-13-11(2)14(20-15(19-13)12-5-6-12)17-8-10-21-9-4-7-18-21/h4,7,9,12H,3,5-6,8,10H2,1-2H3,(H2,16,17,19,20). The van der Waals surface area contributed by atoms with Crippen molar-refractivity contribution in [1.82, 2.24) is 19.7 Å². The number of anilines is 2. The molecule has 0 unspecified atom stereocenters. The summed E-state index contributed by atoms with van der Waals surface area (Å²) in [5.41, 5.74) is 1.08. The topological polar surface area (TPSA) is 67.7 Å². The lowest BCUT2D eigenvalue weighted by molar-refractivity contribution is 0.636. The maximum Gasteiger partial charge on any atom is 0.136 e. The summed E-state index contributed by atoms with van der Waals surface area (Å²) in [6.45, 7) is 6.64. The number of nitrogens with one attached hydrogen (secondary N) is 2. The lowest BCUT2D eigenvalue weighted by atomic mass is 10.2. The van der Waals surface area contributed by atoms with E-state index in [1.807, 2.05) is 16.9 Å². The molecule has 1 aliphatic carbocycles. The molecule has 2 aromatic heterocycles. The SMILES string of the molecule is CCNc1nc(C2CC2)nc(NCCn2cccn2)c1C. The van der Waals surface area contributed by atoms with Gasteiger partial charge in [-0.25, -0.2) is 9.97 Å². The van der Waals surface area contributed by atoms with Gasteiger partial charge in [0.1, 0.15) is 17.5 Å². The van der Waals surface area contributed by atoms with Crippen LogP contribution in [0.5, 0.6) is 0 Å². The summed E-state index contributed by atoms with van der Waals surface area (Å²) in [7, 11) is 0. The highest BCUT2D eigenvalue weighted by Crippen LogP contribution is 2.39. The van der Waals surface area contributed by atoms with Gasteiger partial charge in [-0.15, -0.1) is 0 Å². The van der Waals surface area contributed by atoms with Gasteiger partial charge in [-0.2, -0.15) is 5.10 Å². The number of hydrogen-bond acceptors (Lipinski definition) is 5. The van der Waals surface area contributed by atoms with Crippen molar-refractivity contribution in [3.05, 3.63) is 29.8 Å². The molecule has 3 rings (SSSR count). The lowest BCUT2D eigenvalue weighted by Gasteiger charge is -2.14. The number of rotatable bonds is 7. The van der Waals surface area contributed by atoms with Crippen molar-refractivity contribution < 1.29 is 0 Å². The minimum atomic E-state index is 0.551. The Morgan fingerprint density at radius 1 is 1.24 bits per heavy atom. The monoisotopic (exact) mass is 286 g/mol. The molecule has 0 amide bonds. The first-order valence-corrected chi connectivity index (χ1v) is 7.61. The van der Waals surface area contributed by atoms with Gasteiger partial charge in [0.25, 0.3) is 0 Å².